The number of esters is 1. The van der Waals surface area contributed by atoms with Crippen molar-refractivity contribution in [3.63, 3.8) is 0 Å². The van der Waals surface area contributed by atoms with Crippen LogP contribution < -0.4 is 69.5 Å². The minimum absolute atomic E-state index is 0. The number of amides is 13. The summed E-state index contributed by atoms with van der Waals surface area (Å²) in [6.45, 7) is 31.8. The molecule has 0 saturated carbocycles. The van der Waals surface area contributed by atoms with Crippen LogP contribution in [0, 0.1) is 47.3 Å². The minimum Gasteiger partial charge on any atom is -0.458 e. The van der Waals surface area contributed by atoms with Gasteiger partial charge >= 0.3 is 5.97 Å². The molecule has 2 aliphatic rings. The second-order valence-corrected chi connectivity index (χ2v) is 30.2. The van der Waals surface area contributed by atoms with Gasteiger partial charge in [0, 0.05) is 36.5 Å². The van der Waals surface area contributed by atoms with Gasteiger partial charge in [-0.3, -0.25) is 62.3 Å². The molecule has 30 nitrogen and oxygen atoms in total. The number of hydrogen-bond donors (Lipinski definition) is 14. The number of nitrogens with one attached hydrogen (secondary N) is 12. The Kier molecular flexibility index (Phi) is 37.8. The summed E-state index contributed by atoms with van der Waals surface area (Å²) in [6, 6.07) is -7.67. The van der Waals surface area contributed by atoms with Crippen molar-refractivity contribution in [1.29, 1.82) is 0 Å². The molecular formula is C75H148N14O16. The van der Waals surface area contributed by atoms with Crippen LogP contribution in [0.2, 0.25) is 0 Å². The van der Waals surface area contributed by atoms with E-state index >= 15 is 9.59 Å². The zero-order chi connectivity index (χ0) is 79.4. The Morgan fingerprint density at radius 2 is 1.16 bits per heavy atom. The molecule has 16 atom stereocenters. The predicted octanol–water partition coefficient (Wildman–Crippen LogP) is 4.79. The van der Waals surface area contributed by atoms with E-state index in [1.54, 1.807) is 127 Å². The first-order valence-electron chi connectivity index (χ1n) is 37.5. The quantitative estimate of drug-likeness (QED) is 0.0332. The van der Waals surface area contributed by atoms with Crippen molar-refractivity contribution in [2.24, 2.45) is 53.1 Å². The molecule has 0 aliphatic carbocycles. The molecule has 15 N–H and O–H groups in total. The highest BCUT2D eigenvalue weighted by Crippen LogP contribution is 2.23. The summed E-state index contributed by atoms with van der Waals surface area (Å²) >= 11 is 0. The van der Waals surface area contributed by atoms with E-state index in [4.69, 9.17) is 10.5 Å². The van der Waals surface area contributed by atoms with Gasteiger partial charge in [-0.25, -0.2) is 4.79 Å². The molecule has 4 unspecified atom stereocenters. The first-order valence-corrected chi connectivity index (χ1v) is 37.5. The smallest absolute Gasteiger partial charge is 0.329 e. The van der Waals surface area contributed by atoms with Crippen molar-refractivity contribution in [3.8, 4) is 0 Å². The number of likely N-dealkylation sites (tertiary alicyclic amines) is 1. The van der Waals surface area contributed by atoms with Gasteiger partial charge in [-0.05, 0) is 112 Å². The Bertz CT molecular complexity index is 3220. The molecule has 13 amide bonds. The van der Waals surface area contributed by atoms with Crippen molar-refractivity contribution in [1.82, 2.24) is 68.7 Å². The van der Waals surface area contributed by atoms with Crippen LogP contribution in [0.25, 0.3) is 0 Å². The van der Waals surface area contributed by atoms with Gasteiger partial charge in [0.05, 0.1) is 6.10 Å². The van der Waals surface area contributed by atoms with Crippen molar-refractivity contribution in [2.75, 3.05) is 13.1 Å². The summed E-state index contributed by atoms with van der Waals surface area (Å²) in [5.74, 6) is -15.1. The second-order valence-electron chi connectivity index (χ2n) is 30.2. The second kappa shape index (κ2) is 43.8. The third-order valence-corrected chi connectivity index (χ3v) is 19.3. The van der Waals surface area contributed by atoms with Crippen molar-refractivity contribution >= 4 is 82.8 Å². The fraction of sp³-hybridized carbons (Fsp3) is 0.707. The number of benzene rings is 1. The van der Waals surface area contributed by atoms with E-state index in [0.29, 0.717) is 30.7 Å². The molecule has 1 aromatic carbocycles. The van der Waals surface area contributed by atoms with Gasteiger partial charge in [-0.1, -0.05) is 166 Å². The number of rotatable bonds is 33. The molecule has 2 fully saturated rings. The van der Waals surface area contributed by atoms with E-state index < -0.39 is 203 Å². The third-order valence-electron chi connectivity index (χ3n) is 19.3. The molecule has 2 saturated heterocycles. The number of allylic oxidation sites excluding steroid dienone is 1. The molecule has 3 rings (SSSR count). The number of hydrogen-bond acceptors (Lipinski definition) is 17. The third kappa shape index (κ3) is 27.7. The maximum atomic E-state index is 15.0. The molecule has 30 heteroatoms. The van der Waals surface area contributed by atoms with Gasteiger partial charge in [0.15, 0.2) is 0 Å². The van der Waals surface area contributed by atoms with Crippen molar-refractivity contribution in [3.05, 3.63) is 47.7 Å². The Morgan fingerprint density at radius 1 is 0.619 bits per heavy atom. The number of nitrogens with zero attached hydrogens (tertiary/aromatic N) is 1. The maximum absolute atomic E-state index is 15.0. The number of carbonyl (C=O) groups is 14. The van der Waals surface area contributed by atoms with Gasteiger partial charge in [0.2, 0.25) is 70.9 Å². The summed E-state index contributed by atoms with van der Waals surface area (Å²) in [7, 11) is 0. The first-order chi connectivity index (χ1) is 49.2. The Labute approximate surface area is 638 Å². The van der Waals surface area contributed by atoms with Gasteiger partial charge in [0.25, 0.3) is 5.91 Å². The molecule has 105 heavy (non-hydrogen) atoms. The lowest BCUT2D eigenvalue weighted by molar-refractivity contribution is -0.157. The average molecular weight is 1500 g/mol. The van der Waals surface area contributed by atoms with E-state index in [1.807, 2.05) is 13.8 Å². The van der Waals surface area contributed by atoms with Crippen LogP contribution in [-0.4, -0.2) is 191 Å². The van der Waals surface area contributed by atoms with Crippen molar-refractivity contribution < 1.29 is 94.1 Å². The lowest BCUT2D eigenvalue weighted by Gasteiger charge is -2.33. The number of nitrogens with two attached hydrogens (primary N) is 1. The highest BCUT2D eigenvalue weighted by atomic mass is 16.5. The molecule has 0 bridgehead atoms. The fourth-order valence-electron chi connectivity index (χ4n) is 12.1. The van der Waals surface area contributed by atoms with E-state index in [0.717, 1.165) is 6.42 Å². The van der Waals surface area contributed by atoms with E-state index in [2.05, 4.69) is 63.8 Å². The molecular weight excluding hydrogens is 1350 g/mol. The average Bonchev–Trinajstić information content (AvgIpc) is 1.78. The topological polar surface area (TPSA) is 442 Å². The Morgan fingerprint density at radius 3 is 1.70 bits per heavy atom. The van der Waals surface area contributed by atoms with Gasteiger partial charge in [-0.15, -0.1) is 0 Å². The fourth-order valence-corrected chi connectivity index (χ4v) is 12.1. The van der Waals surface area contributed by atoms with Crippen LogP contribution in [0.15, 0.2) is 42.1 Å². The van der Waals surface area contributed by atoms with E-state index in [-0.39, 0.29) is 80.3 Å². The molecule has 2 aliphatic heterocycles. The molecule has 2 heterocycles. The van der Waals surface area contributed by atoms with Crippen LogP contribution in [0.3, 0.4) is 0 Å². The lowest BCUT2D eigenvalue weighted by atomic mass is 9.95. The number of ether oxygens (including phenoxy) is 1. The first kappa shape index (κ1) is 90.7. The Hall–Kier alpha value is -8.54. The largest absolute Gasteiger partial charge is 0.458 e. The minimum atomic E-state index is -1.83. The van der Waals surface area contributed by atoms with Gasteiger partial charge in [0.1, 0.15) is 84.3 Å². The molecule has 614 valence electrons. The van der Waals surface area contributed by atoms with E-state index in [1.165, 1.54) is 31.7 Å². The van der Waals surface area contributed by atoms with Gasteiger partial charge < -0.3 is 84.3 Å². The number of aliphatic hydroxyl groups is 1. The molecule has 0 aromatic heterocycles. The zero-order valence-corrected chi connectivity index (χ0v) is 65.2. The highest BCUT2D eigenvalue weighted by Gasteiger charge is 2.44. The summed E-state index contributed by atoms with van der Waals surface area (Å²) in [6.07, 6.45) is 1.02. The number of aliphatic hydroxyl groups excluding tert-OH is 1. The maximum Gasteiger partial charge on any atom is 0.329 e. The standard InChI is InChI=1S/C75H124N14O16.12H2/c1-20-44(16)59(71(100)88-62-47(19)105-75(104)58(43(14)15)84-63(92)49(22-3)77-65(94)51(37-48-30-24-23-25-31-48)79-67(96)55(40(8)9)81-70(99)60(45(17)21-2)86-73(62)102)85-64(93)50(32-27-35-76)78-66(95)52-33-28-36-89(52)74(103)57(42(12)13)83-69(98)56(41(10)11)82-72(101)61(46(18)90)87-68(97)54(39(6)7)80-53(91)34-26-29-38(4)5;;;;;;;;;;;;/h22-25,30-31,38-47,50-52,54-62,90H,20-21,26-29,32-37,76H2,1-19H3,(H,77,94)(H,78,95)(H,79,96)(H,80,91)(H,81,99)(H,82,101)(H,83,98)(H,84,92)(H,85,93)(H,86,102)(H,87,97)(H,88,100);12*1H/b49-22-;;;;;;;;;;;;/t44?,45?,46?,47?,50-,51-,52+,54+,55+,56-,57+,58-,59+,60+,61-,62+;;;;;;;;;;;;/m0............/s1. The van der Waals surface area contributed by atoms with Crippen molar-refractivity contribution in [2.45, 2.75) is 280 Å². The van der Waals surface area contributed by atoms with Crippen LogP contribution in [0.1, 0.15) is 212 Å². The lowest BCUT2D eigenvalue weighted by Crippen LogP contribution is -2.64. The molecule has 1 aromatic rings. The summed E-state index contributed by atoms with van der Waals surface area (Å²) in [5.41, 5.74) is 6.34. The van der Waals surface area contributed by atoms with Crippen LogP contribution in [-0.2, 0) is 78.3 Å². The number of carbonyl (C=O) groups excluding carboxylic acids is 14. The zero-order valence-electron chi connectivity index (χ0n) is 65.2. The van der Waals surface area contributed by atoms with Gasteiger partial charge in [-0.2, -0.15) is 0 Å². The Balaban J connectivity index is -0.00000119. The van der Waals surface area contributed by atoms with E-state index in [9.17, 15) is 62.6 Å². The molecule has 0 spiro atoms. The monoisotopic (exact) mass is 1500 g/mol. The van der Waals surface area contributed by atoms with Crippen LogP contribution >= 0.6 is 0 Å². The SMILES string of the molecule is C/C=C1\NC(=O)[C@H](Cc2ccccc2)NC(=O)[C@@H](C(C)C)NC(=O)[C@@H](C(C)CC)NC(=O)[C@H](NC(=O)[C@H](NC(=O)[C@H](CCCN)NC(=O)[C@H]2CCCN2C(=O)[C@H](NC(=O)[C@@H](NC(=O)[C@@H](NC(=O)[C@H](NC(=O)CCCC(C)C)C(C)C)C(C)O)C(C)C)C(C)C)C(C)CC)C(C)OC(=O)[C@H](C(C)C)NC1=O.[HH].[HH].[HH].[HH].[HH].[HH].[HH].[HH].[HH].[HH].[HH].[HH]. The normalized spacial score (nSPS) is 22.6. The van der Waals surface area contributed by atoms with Crippen LogP contribution in [0.4, 0.5) is 0 Å². The summed E-state index contributed by atoms with van der Waals surface area (Å²) in [5, 5.41) is 43.2. The summed E-state index contributed by atoms with van der Waals surface area (Å²) in [4.78, 5) is 202. The predicted molar refractivity (Wildman–Crippen MR) is 421 cm³/mol. The van der Waals surface area contributed by atoms with Crippen LogP contribution in [0.5, 0.6) is 0 Å². The highest BCUT2D eigenvalue weighted by molar-refractivity contribution is 6.03. The summed E-state index contributed by atoms with van der Waals surface area (Å²) < 4.78 is 5.96. The molecule has 0 radical (unpaired) electrons. The number of cyclic esters (lactones) is 1.